The Morgan fingerprint density at radius 2 is 1.50 bits per heavy atom. The van der Waals surface area contributed by atoms with Crippen molar-refractivity contribution in [3.63, 3.8) is 0 Å². The second kappa shape index (κ2) is 11.6. The quantitative estimate of drug-likeness (QED) is 0.597. The van der Waals surface area contributed by atoms with Gasteiger partial charge in [-0.3, -0.25) is 0 Å². The lowest BCUT2D eigenvalue weighted by atomic mass is 10.2. The van der Waals surface area contributed by atoms with Crippen LogP contribution in [0.1, 0.15) is 45.4 Å². The number of unbranched alkanes of at least 4 members (excludes halogenated alkanes) is 4. The molecule has 0 aromatic heterocycles. The van der Waals surface area contributed by atoms with Gasteiger partial charge in [0, 0.05) is 0 Å². The van der Waals surface area contributed by atoms with E-state index in [2.05, 4.69) is 12.2 Å². The number of hydrogen-bond acceptors (Lipinski definition) is 2. The molecule has 1 aromatic carbocycles. The van der Waals surface area contributed by atoms with E-state index >= 15 is 0 Å². The number of ether oxygens (including phenoxy) is 2. The van der Waals surface area contributed by atoms with Gasteiger partial charge in [0.1, 0.15) is 11.5 Å². The molecule has 0 atom stereocenters. The van der Waals surface area contributed by atoms with Crippen molar-refractivity contribution in [1.82, 2.24) is 0 Å². The topological polar surface area (TPSA) is 35.1 Å². The molecule has 0 radical (unpaired) electrons. The van der Waals surface area contributed by atoms with E-state index in [4.69, 9.17) is 9.47 Å². The molecule has 0 saturated heterocycles. The minimum absolute atomic E-state index is 0.811. The molecule has 0 unspecified atom stereocenters. The summed E-state index contributed by atoms with van der Waals surface area (Å²) in [4.78, 5) is 0. The van der Waals surface area contributed by atoms with Gasteiger partial charge in [0.05, 0.1) is 26.8 Å². The van der Waals surface area contributed by atoms with Gasteiger partial charge in [0.2, 0.25) is 0 Å². The molecule has 1 aromatic rings. The second-order valence-electron chi connectivity index (χ2n) is 5.16. The van der Waals surface area contributed by atoms with Crippen LogP contribution in [0.25, 0.3) is 0 Å². The van der Waals surface area contributed by atoms with Gasteiger partial charge in [0.15, 0.2) is 0 Å². The minimum atomic E-state index is 0.811. The number of quaternary nitrogens is 1. The van der Waals surface area contributed by atoms with Crippen LogP contribution in [-0.2, 0) is 0 Å². The zero-order chi connectivity index (χ0) is 14.5. The van der Waals surface area contributed by atoms with Gasteiger partial charge in [-0.15, -0.1) is 0 Å². The largest absolute Gasteiger partial charge is 0.497 e. The number of hydrogen-bond donors (Lipinski definition) is 1. The zero-order valence-electron chi connectivity index (χ0n) is 13.1. The van der Waals surface area contributed by atoms with E-state index in [1.165, 1.54) is 45.2 Å². The zero-order valence-corrected chi connectivity index (χ0v) is 13.1. The summed E-state index contributed by atoms with van der Waals surface area (Å²) in [5.41, 5.74) is 0. The molecule has 0 bridgehead atoms. The second-order valence-corrected chi connectivity index (χ2v) is 5.16. The average molecular weight is 280 g/mol. The molecule has 3 heteroatoms. The van der Waals surface area contributed by atoms with Gasteiger partial charge < -0.3 is 14.8 Å². The highest BCUT2D eigenvalue weighted by Crippen LogP contribution is 2.17. The van der Waals surface area contributed by atoms with Gasteiger partial charge in [-0.05, 0) is 56.4 Å². The van der Waals surface area contributed by atoms with Crippen molar-refractivity contribution in [3.8, 4) is 11.5 Å². The Labute approximate surface area is 123 Å². The Hall–Kier alpha value is -1.22. The fraction of sp³-hybridized carbons (Fsp3) is 0.647. The molecule has 2 N–H and O–H groups in total. The summed E-state index contributed by atoms with van der Waals surface area (Å²) < 4.78 is 10.8. The molecule has 0 amide bonds. The third-order valence-corrected chi connectivity index (χ3v) is 3.39. The van der Waals surface area contributed by atoms with Crippen molar-refractivity contribution in [2.45, 2.75) is 45.4 Å². The predicted molar refractivity (Wildman–Crippen MR) is 83.5 cm³/mol. The first kappa shape index (κ1) is 16.8. The van der Waals surface area contributed by atoms with Crippen molar-refractivity contribution in [2.24, 2.45) is 0 Å². The molecular formula is C17H30NO2+. The van der Waals surface area contributed by atoms with Crippen LogP contribution < -0.4 is 14.8 Å². The highest BCUT2D eigenvalue weighted by molar-refractivity contribution is 5.31. The van der Waals surface area contributed by atoms with Crippen LogP contribution in [0.15, 0.2) is 24.3 Å². The van der Waals surface area contributed by atoms with Crippen LogP contribution in [0, 0.1) is 0 Å². The fourth-order valence-corrected chi connectivity index (χ4v) is 2.10. The average Bonchev–Trinajstić information content (AvgIpc) is 2.50. The lowest BCUT2D eigenvalue weighted by Crippen LogP contribution is -2.84. The van der Waals surface area contributed by atoms with Crippen LogP contribution in [-0.4, -0.2) is 26.8 Å². The SMILES string of the molecule is CCCC[NH2+]CCCCCCOc1ccc(OC)cc1. The van der Waals surface area contributed by atoms with Crippen LogP contribution in [0.3, 0.4) is 0 Å². The lowest BCUT2D eigenvalue weighted by Gasteiger charge is -2.07. The van der Waals surface area contributed by atoms with E-state index < -0.39 is 0 Å². The molecule has 20 heavy (non-hydrogen) atoms. The Morgan fingerprint density at radius 3 is 2.20 bits per heavy atom. The van der Waals surface area contributed by atoms with Gasteiger partial charge in [-0.25, -0.2) is 0 Å². The molecule has 0 aliphatic heterocycles. The van der Waals surface area contributed by atoms with E-state index in [1.54, 1.807) is 7.11 Å². The summed E-state index contributed by atoms with van der Waals surface area (Å²) in [6.07, 6.45) is 7.69. The molecule has 114 valence electrons. The summed E-state index contributed by atoms with van der Waals surface area (Å²) in [5.74, 6) is 1.80. The van der Waals surface area contributed by atoms with Gasteiger partial charge in [-0.2, -0.15) is 0 Å². The standard InChI is InChI=1S/C17H29NO2/c1-3-4-13-18-14-7-5-6-8-15-20-17-11-9-16(19-2)10-12-17/h9-12,18H,3-8,13-15H2,1-2H3/p+1. The highest BCUT2D eigenvalue weighted by atomic mass is 16.5. The fourth-order valence-electron chi connectivity index (χ4n) is 2.10. The third-order valence-electron chi connectivity index (χ3n) is 3.39. The van der Waals surface area contributed by atoms with Gasteiger partial charge >= 0.3 is 0 Å². The maximum absolute atomic E-state index is 5.70. The van der Waals surface area contributed by atoms with E-state index in [9.17, 15) is 0 Å². The molecule has 0 heterocycles. The summed E-state index contributed by atoms with van der Waals surface area (Å²) in [6.45, 7) is 5.62. The van der Waals surface area contributed by atoms with Crippen molar-refractivity contribution >= 4 is 0 Å². The smallest absolute Gasteiger partial charge is 0.119 e. The van der Waals surface area contributed by atoms with Gasteiger partial charge in [-0.1, -0.05) is 13.3 Å². The molecule has 0 aliphatic rings. The van der Waals surface area contributed by atoms with Crippen LogP contribution >= 0.6 is 0 Å². The number of benzene rings is 1. The number of nitrogens with two attached hydrogens (primary N) is 1. The Balaban J connectivity index is 1.91. The minimum Gasteiger partial charge on any atom is -0.497 e. The van der Waals surface area contributed by atoms with Crippen molar-refractivity contribution < 1.29 is 14.8 Å². The van der Waals surface area contributed by atoms with Crippen molar-refractivity contribution in [2.75, 3.05) is 26.8 Å². The Bertz CT molecular complexity index is 324. The third kappa shape index (κ3) is 8.05. The lowest BCUT2D eigenvalue weighted by molar-refractivity contribution is -0.655. The van der Waals surface area contributed by atoms with E-state index in [0.717, 1.165) is 24.5 Å². The molecular weight excluding hydrogens is 250 g/mol. The van der Waals surface area contributed by atoms with Gasteiger partial charge in [0.25, 0.3) is 0 Å². The maximum atomic E-state index is 5.70. The molecule has 0 spiro atoms. The van der Waals surface area contributed by atoms with Crippen molar-refractivity contribution in [1.29, 1.82) is 0 Å². The first-order chi connectivity index (χ1) is 9.86. The monoisotopic (exact) mass is 280 g/mol. The predicted octanol–water partition coefficient (Wildman–Crippen LogP) is 3.00. The Morgan fingerprint density at radius 1 is 0.850 bits per heavy atom. The maximum Gasteiger partial charge on any atom is 0.119 e. The van der Waals surface area contributed by atoms with E-state index in [1.807, 2.05) is 24.3 Å². The first-order valence-corrected chi connectivity index (χ1v) is 7.95. The molecule has 0 aliphatic carbocycles. The van der Waals surface area contributed by atoms with E-state index in [0.29, 0.717) is 0 Å². The molecule has 0 saturated carbocycles. The summed E-state index contributed by atoms with van der Waals surface area (Å²) in [6, 6.07) is 7.78. The molecule has 0 fully saturated rings. The van der Waals surface area contributed by atoms with Crippen molar-refractivity contribution in [3.05, 3.63) is 24.3 Å². The summed E-state index contributed by atoms with van der Waals surface area (Å²) in [5, 5.41) is 2.44. The van der Waals surface area contributed by atoms with Crippen LogP contribution in [0.4, 0.5) is 0 Å². The summed E-state index contributed by atoms with van der Waals surface area (Å²) >= 11 is 0. The molecule has 3 nitrogen and oxygen atoms in total. The van der Waals surface area contributed by atoms with E-state index in [-0.39, 0.29) is 0 Å². The first-order valence-electron chi connectivity index (χ1n) is 7.95. The Kier molecular flexibility index (Phi) is 9.76. The van der Waals surface area contributed by atoms with Crippen LogP contribution in [0.5, 0.6) is 11.5 Å². The number of rotatable bonds is 12. The van der Waals surface area contributed by atoms with Crippen LogP contribution in [0.2, 0.25) is 0 Å². The summed E-state index contributed by atoms with van der Waals surface area (Å²) in [7, 11) is 1.68. The number of methoxy groups -OCH3 is 1. The normalized spacial score (nSPS) is 10.5. The molecule has 1 rings (SSSR count). The highest BCUT2D eigenvalue weighted by Gasteiger charge is 1.96.